The van der Waals surface area contributed by atoms with Gasteiger partial charge >= 0.3 is 0 Å². The smallest absolute Gasteiger partial charge is 0.245 e. The monoisotopic (exact) mass is 714 g/mol. The van der Waals surface area contributed by atoms with E-state index in [-0.39, 0.29) is 0 Å². The normalized spacial score (nSPS) is 10.2. The lowest BCUT2D eigenvalue weighted by molar-refractivity contribution is 0.596. The molecule has 0 unspecified atom stereocenters. The minimum atomic E-state index is 0.595. The molecule has 54 heavy (non-hydrogen) atoms. The van der Waals surface area contributed by atoms with E-state index in [0.717, 1.165) is 49.1 Å². The maximum absolute atomic E-state index is 5.12. The molecule has 12 nitrogen and oxygen atoms in total. The first kappa shape index (κ1) is 34.6. The molecular weight excluding hydrogens is 684 g/mol. The molecule has 10 aromatic heterocycles. The highest BCUT2D eigenvalue weighted by molar-refractivity contribution is 5.77. The lowest BCUT2D eigenvalue weighted by Crippen LogP contribution is -1.75. The Balaban J connectivity index is 0.0000001000. The molecule has 0 amide bonds. The van der Waals surface area contributed by atoms with E-state index < -0.39 is 0 Å². The van der Waals surface area contributed by atoms with Gasteiger partial charge < -0.3 is 26.5 Å². The third-order valence-electron chi connectivity index (χ3n) is 7.48. The summed E-state index contributed by atoms with van der Waals surface area (Å²) in [5, 5.41) is 13.7. The zero-order chi connectivity index (χ0) is 36.6. The topological polar surface area (TPSA) is 156 Å². The molecule has 0 radical (unpaired) electrons. The Morgan fingerprint density at radius 1 is 0.333 bits per heavy atom. The standard InChI is InChI=1S/2C8H6O.2C7H5NO.2C6H4N2O/c2*1-2-4-8-7(3-1)5-6-9-8;1-3-8-5-6-2-4-9-7(1)6;1-2-6-3-5-9-7(6)8-4-1;1-3-7-8-6-5(1)2-4-9-6;1-2-9-6-5(1)3-7-4-8-6/h2*1-6H;2*1-5H;2*1-4H. The van der Waals surface area contributed by atoms with Crippen LogP contribution in [0.1, 0.15) is 0 Å². The van der Waals surface area contributed by atoms with Crippen molar-refractivity contribution in [3.8, 4) is 0 Å². The minimum Gasteiger partial charge on any atom is -0.464 e. The van der Waals surface area contributed by atoms with Crippen LogP contribution in [0, 0.1) is 0 Å². The second-order valence-electron chi connectivity index (χ2n) is 11.0. The molecule has 0 saturated carbocycles. The van der Waals surface area contributed by atoms with Gasteiger partial charge in [-0.2, -0.15) is 5.10 Å². The fraction of sp³-hybridized carbons (Fsp3) is 0. The number of aromatic nitrogens is 6. The van der Waals surface area contributed by atoms with Crippen molar-refractivity contribution in [2.75, 3.05) is 0 Å². The summed E-state index contributed by atoms with van der Waals surface area (Å²) in [6.45, 7) is 0. The van der Waals surface area contributed by atoms with Crippen LogP contribution >= 0.6 is 0 Å². The third kappa shape index (κ3) is 9.27. The maximum atomic E-state index is 5.12. The first-order chi connectivity index (χ1) is 26.8. The number of rotatable bonds is 0. The quantitative estimate of drug-likeness (QED) is 0.147. The third-order valence-corrected chi connectivity index (χ3v) is 7.48. The molecule has 0 aliphatic rings. The predicted molar refractivity (Wildman–Crippen MR) is 204 cm³/mol. The summed E-state index contributed by atoms with van der Waals surface area (Å²) >= 11 is 0. The van der Waals surface area contributed by atoms with Gasteiger partial charge in [-0.1, -0.05) is 36.4 Å². The van der Waals surface area contributed by atoms with Crippen molar-refractivity contribution in [2.24, 2.45) is 0 Å². The number of furan rings is 6. The molecule has 12 rings (SSSR count). The maximum Gasteiger partial charge on any atom is 0.245 e. The van der Waals surface area contributed by atoms with Gasteiger partial charge in [0.1, 0.15) is 23.1 Å². The van der Waals surface area contributed by atoms with E-state index in [1.165, 1.54) is 6.33 Å². The van der Waals surface area contributed by atoms with Crippen molar-refractivity contribution in [3.05, 3.63) is 184 Å². The SMILES string of the molecule is c1cc2ccoc2nn1.c1cc2occc2cn1.c1ccc2occc2c1.c1ccc2occc2c1.c1cnc2occc2c1.c1ncc2ccoc2n1. The molecule has 2 aromatic carbocycles. The molecule has 0 bridgehead atoms. The van der Waals surface area contributed by atoms with E-state index in [1.54, 1.807) is 68.6 Å². The number of pyridine rings is 2. The van der Waals surface area contributed by atoms with Crippen molar-refractivity contribution >= 4 is 66.2 Å². The van der Waals surface area contributed by atoms with Gasteiger partial charge in [0.2, 0.25) is 17.1 Å². The summed E-state index contributed by atoms with van der Waals surface area (Å²) in [6, 6.07) is 34.8. The van der Waals surface area contributed by atoms with Crippen LogP contribution in [0.25, 0.3) is 66.2 Å². The minimum absolute atomic E-state index is 0.595. The highest BCUT2D eigenvalue weighted by Gasteiger charge is 1.95. The molecular formula is C42H30N6O6. The zero-order valence-electron chi connectivity index (χ0n) is 28.5. The number of fused-ring (bicyclic) bond motifs is 6. The molecule has 0 aliphatic heterocycles. The Bertz CT molecular complexity index is 2210. The lowest BCUT2D eigenvalue weighted by atomic mass is 10.3. The van der Waals surface area contributed by atoms with Gasteiger partial charge in [0.15, 0.2) is 0 Å². The van der Waals surface area contributed by atoms with E-state index >= 15 is 0 Å². The molecule has 0 atom stereocenters. The average molecular weight is 715 g/mol. The molecule has 264 valence electrons. The van der Waals surface area contributed by atoms with Crippen LogP contribution in [-0.4, -0.2) is 30.1 Å². The largest absolute Gasteiger partial charge is 0.464 e. The molecule has 0 N–H and O–H groups in total. The predicted octanol–water partition coefficient (Wildman–Crippen LogP) is 11.0. The summed E-state index contributed by atoms with van der Waals surface area (Å²) in [5.41, 5.74) is 4.75. The van der Waals surface area contributed by atoms with E-state index in [0.29, 0.717) is 17.1 Å². The van der Waals surface area contributed by atoms with Gasteiger partial charge in [0.25, 0.3) is 0 Å². The van der Waals surface area contributed by atoms with Crippen LogP contribution in [0.2, 0.25) is 0 Å². The van der Waals surface area contributed by atoms with Crippen LogP contribution in [0.15, 0.2) is 211 Å². The number of para-hydroxylation sites is 2. The summed E-state index contributed by atoms with van der Waals surface area (Å²) in [4.78, 5) is 15.6. The van der Waals surface area contributed by atoms with Gasteiger partial charge in [0, 0.05) is 51.7 Å². The van der Waals surface area contributed by atoms with Gasteiger partial charge in [-0.15, -0.1) is 5.10 Å². The van der Waals surface area contributed by atoms with Crippen LogP contribution in [0.3, 0.4) is 0 Å². The van der Waals surface area contributed by atoms with Crippen molar-refractivity contribution in [3.63, 3.8) is 0 Å². The Labute approximate surface area is 306 Å². The first-order valence-corrected chi connectivity index (χ1v) is 16.5. The van der Waals surface area contributed by atoms with Crippen molar-refractivity contribution in [1.82, 2.24) is 30.1 Å². The molecule has 0 aliphatic carbocycles. The first-order valence-electron chi connectivity index (χ1n) is 16.5. The van der Waals surface area contributed by atoms with Gasteiger partial charge in [0.05, 0.1) is 49.2 Å². The van der Waals surface area contributed by atoms with Crippen LogP contribution < -0.4 is 0 Å². The van der Waals surface area contributed by atoms with Crippen molar-refractivity contribution in [2.45, 2.75) is 0 Å². The fourth-order valence-electron chi connectivity index (χ4n) is 4.85. The van der Waals surface area contributed by atoms with Crippen molar-refractivity contribution in [1.29, 1.82) is 0 Å². The summed E-state index contributed by atoms with van der Waals surface area (Å²) in [5.74, 6) is 0. The Kier molecular flexibility index (Phi) is 11.4. The summed E-state index contributed by atoms with van der Waals surface area (Å²) in [6.07, 6.45) is 19.9. The lowest BCUT2D eigenvalue weighted by Gasteiger charge is -1.81. The summed E-state index contributed by atoms with van der Waals surface area (Å²) in [7, 11) is 0. The highest BCUT2D eigenvalue weighted by atomic mass is 16.3. The molecule has 12 aromatic rings. The van der Waals surface area contributed by atoms with Gasteiger partial charge in [-0.25, -0.2) is 15.0 Å². The van der Waals surface area contributed by atoms with Crippen molar-refractivity contribution < 1.29 is 26.5 Å². The number of nitrogens with zero attached hydrogens (tertiary/aromatic N) is 6. The Morgan fingerprint density at radius 3 is 1.48 bits per heavy atom. The Hall–Kier alpha value is -7.86. The second-order valence-corrected chi connectivity index (χ2v) is 11.0. The van der Waals surface area contributed by atoms with Gasteiger partial charge in [-0.05, 0) is 72.8 Å². The fourth-order valence-corrected chi connectivity index (χ4v) is 4.85. The number of hydrogen-bond donors (Lipinski definition) is 0. The molecule has 12 heteroatoms. The summed E-state index contributed by atoms with van der Waals surface area (Å²) < 4.78 is 30.2. The van der Waals surface area contributed by atoms with E-state index in [4.69, 9.17) is 26.5 Å². The zero-order valence-corrected chi connectivity index (χ0v) is 28.5. The molecule has 0 fully saturated rings. The van der Waals surface area contributed by atoms with Crippen LogP contribution in [0.5, 0.6) is 0 Å². The highest BCUT2D eigenvalue weighted by Crippen LogP contribution is 2.15. The molecule has 0 saturated heterocycles. The number of hydrogen-bond acceptors (Lipinski definition) is 12. The van der Waals surface area contributed by atoms with Crippen LogP contribution in [0.4, 0.5) is 0 Å². The molecule has 0 spiro atoms. The van der Waals surface area contributed by atoms with Gasteiger partial charge in [-0.3, -0.25) is 4.98 Å². The van der Waals surface area contributed by atoms with E-state index in [9.17, 15) is 0 Å². The number of benzene rings is 2. The van der Waals surface area contributed by atoms with E-state index in [1.807, 2.05) is 109 Å². The average Bonchev–Trinajstić information content (AvgIpc) is 4.09. The molecule has 10 heterocycles. The second kappa shape index (κ2) is 17.9. The van der Waals surface area contributed by atoms with Crippen LogP contribution in [-0.2, 0) is 0 Å². The Morgan fingerprint density at radius 2 is 0.852 bits per heavy atom. The van der Waals surface area contributed by atoms with E-state index in [2.05, 4.69) is 30.1 Å².